The molecule has 1 atom stereocenters. The fraction of sp³-hybridized carbons (Fsp3) is 0.462. The summed E-state index contributed by atoms with van der Waals surface area (Å²) in [6.07, 6.45) is -6.77. The van der Waals surface area contributed by atoms with Gasteiger partial charge in [0.05, 0.1) is 28.2 Å². The highest BCUT2D eigenvalue weighted by molar-refractivity contribution is 5.91. The second kappa shape index (κ2) is 16.1. The van der Waals surface area contributed by atoms with Crippen LogP contribution in [-0.4, -0.2) is 81.8 Å². The lowest BCUT2D eigenvalue weighted by Crippen LogP contribution is -2.49. The number of carbonyl (C=O) groups excluding carboxylic acids is 2. The minimum absolute atomic E-state index is 0.0888. The summed E-state index contributed by atoms with van der Waals surface area (Å²) in [6, 6.07) is 14.8. The Kier molecular flexibility index (Phi) is 11.3. The number of benzene rings is 3. The fourth-order valence-corrected chi connectivity index (χ4v) is 7.90. The number of alkyl halides is 6. The van der Waals surface area contributed by atoms with E-state index < -0.39 is 42.0 Å². The zero-order valence-electron chi connectivity index (χ0n) is 30.1. The first-order valence-electron chi connectivity index (χ1n) is 18.7. The summed E-state index contributed by atoms with van der Waals surface area (Å²) in [5, 5.41) is 7.18. The predicted octanol–water partition coefficient (Wildman–Crippen LogP) is 8.04. The van der Waals surface area contributed by atoms with Gasteiger partial charge in [-0.1, -0.05) is 30.3 Å². The number of piperidine rings is 1. The molecule has 7 rings (SSSR count). The maximum Gasteiger partial charge on any atom is 0.426 e. The Labute approximate surface area is 314 Å². The normalized spacial score (nSPS) is 18.2. The number of anilines is 1. The Hall–Kier alpha value is -4.83. The van der Waals surface area contributed by atoms with E-state index in [1.807, 2.05) is 41.0 Å². The van der Waals surface area contributed by atoms with Gasteiger partial charge in [-0.05, 0) is 106 Å². The number of fused-ring (bicyclic) bond motifs is 2. The van der Waals surface area contributed by atoms with Gasteiger partial charge in [-0.25, -0.2) is 14.6 Å². The third-order valence-corrected chi connectivity index (χ3v) is 10.6. The summed E-state index contributed by atoms with van der Waals surface area (Å²) in [5.41, 5.74) is -0.0393. The van der Waals surface area contributed by atoms with Gasteiger partial charge in [0.1, 0.15) is 5.82 Å². The van der Waals surface area contributed by atoms with Crippen LogP contribution in [0.3, 0.4) is 0 Å². The summed E-state index contributed by atoms with van der Waals surface area (Å²) in [7, 11) is 0. The minimum atomic E-state index is -5.04. The number of hydrogen-bond donors (Lipinski definition) is 2. The largest absolute Gasteiger partial charge is 0.426 e. The Balaban J connectivity index is 1.11. The van der Waals surface area contributed by atoms with Gasteiger partial charge in [-0.2, -0.15) is 26.3 Å². The Bertz CT molecular complexity index is 1950. The Morgan fingerprint density at radius 2 is 1.55 bits per heavy atom. The van der Waals surface area contributed by atoms with Crippen LogP contribution >= 0.6 is 0 Å². The number of urea groups is 1. The van der Waals surface area contributed by atoms with Gasteiger partial charge in [0.2, 0.25) is 0 Å². The van der Waals surface area contributed by atoms with E-state index in [0.29, 0.717) is 69.5 Å². The molecule has 4 aromatic rings. The second-order valence-corrected chi connectivity index (χ2v) is 14.4. The molecule has 3 amide bonds. The number of nitrogens with one attached hydrogen (secondary N) is 2. The molecule has 55 heavy (non-hydrogen) atoms. The maximum atomic E-state index is 13.9. The van der Waals surface area contributed by atoms with Crippen molar-refractivity contribution in [2.24, 2.45) is 0 Å². The molecular formula is C39H43F6N7O3. The molecule has 10 nitrogen and oxygen atoms in total. The number of hydroxylamine groups is 2. The quantitative estimate of drug-likeness (QED) is 0.159. The van der Waals surface area contributed by atoms with Crippen molar-refractivity contribution in [3.05, 3.63) is 94.8 Å². The van der Waals surface area contributed by atoms with E-state index in [4.69, 9.17) is 9.82 Å². The molecule has 16 heteroatoms. The minimum Gasteiger partial charge on any atom is -0.351 e. The van der Waals surface area contributed by atoms with Gasteiger partial charge in [0, 0.05) is 44.3 Å². The van der Waals surface area contributed by atoms with E-state index in [1.165, 1.54) is 5.06 Å². The van der Waals surface area contributed by atoms with Crippen molar-refractivity contribution in [2.45, 2.75) is 75.9 Å². The van der Waals surface area contributed by atoms with Crippen LogP contribution in [0, 0.1) is 0 Å². The highest BCUT2D eigenvalue weighted by Crippen LogP contribution is 2.37. The molecule has 1 unspecified atom stereocenters. The number of rotatable bonds is 10. The van der Waals surface area contributed by atoms with Crippen molar-refractivity contribution < 1.29 is 40.8 Å². The summed E-state index contributed by atoms with van der Waals surface area (Å²) >= 11 is 0. The molecule has 294 valence electrons. The summed E-state index contributed by atoms with van der Waals surface area (Å²) < 4.78 is 85.2. The Morgan fingerprint density at radius 1 is 0.873 bits per heavy atom. The summed E-state index contributed by atoms with van der Waals surface area (Å²) in [4.78, 5) is 41.3. The number of carbonyl (C=O) groups is 2. The van der Waals surface area contributed by atoms with Gasteiger partial charge in [-0.3, -0.25) is 0 Å². The van der Waals surface area contributed by atoms with Crippen molar-refractivity contribution >= 4 is 28.8 Å². The molecule has 1 aromatic heterocycles. The van der Waals surface area contributed by atoms with Gasteiger partial charge >= 0.3 is 24.5 Å². The van der Waals surface area contributed by atoms with Crippen LogP contribution in [0.4, 0.5) is 41.6 Å². The molecule has 0 saturated carbocycles. The number of halogens is 6. The average Bonchev–Trinajstić information content (AvgIpc) is 3.76. The molecule has 0 bridgehead atoms. The van der Waals surface area contributed by atoms with Crippen LogP contribution in [0.2, 0.25) is 0 Å². The Morgan fingerprint density at radius 3 is 2.25 bits per heavy atom. The van der Waals surface area contributed by atoms with Crippen LogP contribution in [0.25, 0.3) is 11.0 Å². The van der Waals surface area contributed by atoms with Gasteiger partial charge in [0.15, 0.2) is 0 Å². The molecule has 2 N–H and O–H groups in total. The smallest absolute Gasteiger partial charge is 0.351 e. The third kappa shape index (κ3) is 9.18. The SMILES string of the molecule is O=C(NC(Cc1cc(C(F)(F)F)cc(C(F)(F)F)c1)c1nc2ccccc2n1CCCN1CCCC1)ON1CCC(N2CCc3ccccc3NC2=O)CC1. The molecule has 2 fully saturated rings. The number of para-hydroxylation sites is 3. The van der Waals surface area contributed by atoms with Crippen molar-refractivity contribution in [1.29, 1.82) is 0 Å². The number of likely N-dealkylation sites (tertiary alicyclic amines) is 1. The number of amides is 3. The molecule has 3 aliphatic rings. The first-order valence-corrected chi connectivity index (χ1v) is 18.7. The first kappa shape index (κ1) is 38.4. The zero-order chi connectivity index (χ0) is 38.7. The monoisotopic (exact) mass is 771 g/mol. The molecule has 0 aliphatic carbocycles. The molecule has 0 radical (unpaired) electrons. The average molecular weight is 772 g/mol. The lowest BCUT2D eigenvalue weighted by atomic mass is 9.99. The van der Waals surface area contributed by atoms with E-state index in [2.05, 4.69) is 15.5 Å². The van der Waals surface area contributed by atoms with Crippen LogP contribution < -0.4 is 10.6 Å². The first-order chi connectivity index (χ1) is 26.3. The van der Waals surface area contributed by atoms with Gasteiger partial charge in [-0.15, -0.1) is 5.06 Å². The van der Waals surface area contributed by atoms with E-state index in [1.54, 1.807) is 17.0 Å². The van der Waals surface area contributed by atoms with Crippen LogP contribution in [0.5, 0.6) is 0 Å². The third-order valence-electron chi connectivity index (χ3n) is 10.6. The number of imidazole rings is 1. The molecule has 2 saturated heterocycles. The highest BCUT2D eigenvalue weighted by Gasteiger charge is 2.38. The van der Waals surface area contributed by atoms with Crippen molar-refractivity contribution in [2.75, 3.05) is 44.6 Å². The summed E-state index contributed by atoms with van der Waals surface area (Å²) in [5.74, 6) is 0.289. The molecule has 3 aliphatic heterocycles. The van der Waals surface area contributed by atoms with Crippen LogP contribution in [-0.2, 0) is 36.6 Å². The zero-order valence-corrected chi connectivity index (χ0v) is 30.1. The summed E-state index contributed by atoms with van der Waals surface area (Å²) in [6.45, 7) is 4.37. The van der Waals surface area contributed by atoms with Crippen LogP contribution in [0.1, 0.15) is 66.2 Å². The maximum absolute atomic E-state index is 13.9. The fourth-order valence-electron chi connectivity index (χ4n) is 7.90. The topological polar surface area (TPSA) is 95.0 Å². The van der Waals surface area contributed by atoms with Crippen molar-refractivity contribution in [3.63, 3.8) is 0 Å². The lowest BCUT2D eigenvalue weighted by Gasteiger charge is -2.37. The number of aryl methyl sites for hydroxylation is 1. The second-order valence-electron chi connectivity index (χ2n) is 14.4. The lowest BCUT2D eigenvalue weighted by molar-refractivity contribution is -0.143. The standard InChI is InChI=1S/C39H43F6N7O3/c40-38(41,42)28-22-26(23-29(25-28)39(43,44)45)24-33(35-46-32-10-3-4-11-34(32)52(35)18-7-17-49-15-5-6-16-49)48-37(54)55-50-19-13-30(14-20-50)51-21-12-27-8-1-2-9-31(27)47-36(51)53/h1-4,8-11,22-23,25,30,33H,5-7,12-21,24H2,(H,47,53)(H,48,54). The predicted molar refractivity (Wildman–Crippen MR) is 193 cm³/mol. The number of aromatic nitrogens is 2. The van der Waals surface area contributed by atoms with Gasteiger partial charge in [0.25, 0.3) is 0 Å². The molecule has 3 aromatic carbocycles. The van der Waals surface area contributed by atoms with E-state index >= 15 is 0 Å². The number of hydrogen-bond acceptors (Lipinski definition) is 6. The highest BCUT2D eigenvalue weighted by atomic mass is 19.4. The van der Waals surface area contributed by atoms with E-state index in [0.717, 1.165) is 49.2 Å². The molecule has 0 spiro atoms. The van der Waals surface area contributed by atoms with E-state index in [-0.39, 0.29) is 29.5 Å². The number of nitrogens with zero attached hydrogens (tertiary/aromatic N) is 5. The van der Waals surface area contributed by atoms with Crippen molar-refractivity contribution in [1.82, 2.24) is 29.7 Å². The van der Waals surface area contributed by atoms with E-state index in [9.17, 15) is 35.9 Å². The van der Waals surface area contributed by atoms with Crippen LogP contribution in [0.15, 0.2) is 66.7 Å². The molecular weight excluding hydrogens is 728 g/mol. The molecule has 4 heterocycles. The van der Waals surface area contributed by atoms with Gasteiger partial charge < -0.3 is 29.8 Å². The van der Waals surface area contributed by atoms with Crippen molar-refractivity contribution in [3.8, 4) is 0 Å².